The van der Waals surface area contributed by atoms with Gasteiger partial charge in [-0.25, -0.2) is 9.78 Å². The number of hydrogen-bond donors (Lipinski definition) is 1. The number of carbonyl (C=O) groups excluding carboxylic acids is 1. The Morgan fingerprint density at radius 1 is 1.58 bits per heavy atom. The van der Waals surface area contributed by atoms with Crippen molar-refractivity contribution in [2.75, 3.05) is 12.3 Å². The van der Waals surface area contributed by atoms with Crippen LogP contribution in [0.4, 0.5) is 5.82 Å². The van der Waals surface area contributed by atoms with E-state index in [1.165, 1.54) is 17.1 Å². The summed E-state index contributed by atoms with van der Waals surface area (Å²) in [4.78, 5) is 16.0. The molecule has 0 aromatic carbocycles. The zero-order chi connectivity index (χ0) is 13.4. The average Bonchev–Trinajstić information content (AvgIpc) is 2.71. The van der Waals surface area contributed by atoms with Crippen LogP contribution in [0.2, 0.25) is 0 Å². The second kappa shape index (κ2) is 4.53. The number of anilines is 1. The van der Waals surface area contributed by atoms with E-state index >= 15 is 0 Å². The lowest BCUT2D eigenvalue weighted by molar-refractivity contribution is 0.0526. The second-order valence-electron chi connectivity index (χ2n) is 4.74. The molecule has 0 amide bonds. The molecule has 0 radical (unpaired) electrons. The Hall–Kier alpha value is -2.11. The Morgan fingerprint density at radius 2 is 2.37 bits per heavy atom. The fourth-order valence-corrected chi connectivity index (χ4v) is 2.24. The number of nitrogens with two attached hydrogens (primary N) is 1. The van der Waals surface area contributed by atoms with Crippen molar-refractivity contribution in [3.8, 4) is 0 Å². The molecule has 100 valence electrons. The Kier molecular flexibility index (Phi) is 2.85. The minimum atomic E-state index is -0.463. The highest BCUT2D eigenvalue weighted by Gasteiger charge is 2.24. The van der Waals surface area contributed by atoms with Crippen LogP contribution in [0.15, 0.2) is 12.3 Å². The van der Waals surface area contributed by atoms with Gasteiger partial charge in [-0.3, -0.25) is 0 Å². The highest BCUT2D eigenvalue weighted by molar-refractivity contribution is 5.94. The summed E-state index contributed by atoms with van der Waals surface area (Å²) in [6.45, 7) is 2.06. The maximum atomic E-state index is 11.7. The molecular formula is C13H16N4O2. The van der Waals surface area contributed by atoms with Crippen molar-refractivity contribution in [2.24, 2.45) is 0 Å². The van der Waals surface area contributed by atoms with Crippen LogP contribution in [0, 0.1) is 0 Å². The van der Waals surface area contributed by atoms with Crippen LogP contribution in [-0.2, 0) is 4.74 Å². The van der Waals surface area contributed by atoms with Crippen LogP contribution < -0.4 is 5.73 Å². The first kappa shape index (κ1) is 12.0. The van der Waals surface area contributed by atoms with Gasteiger partial charge in [0, 0.05) is 18.2 Å². The smallest absolute Gasteiger partial charge is 0.343 e. The molecule has 2 aromatic rings. The fraction of sp³-hybridized carbons (Fsp3) is 0.462. The molecule has 0 spiro atoms. The number of nitrogens with zero attached hydrogens (tertiary/aromatic N) is 3. The third-order valence-corrected chi connectivity index (χ3v) is 3.56. The molecule has 1 fully saturated rings. The first-order valence-electron chi connectivity index (χ1n) is 6.52. The number of ether oxygens (including phenoxy) is 1. The van der Waals surface area contributed by atoms with E-state index in [9.17, 15) is 4.79 Å². The molecule has 3 rings (SSSR count). The topological polar surface area (TPSA) is 82.5 Å². The maximum absolute atomic E-state index is 11.7. The molecule has 1 saturated carbocycles. The first-order valence-corrected chi connectivity index (χ1v) is 6.52. The first-order chi connectivity index (χ1) is 9.20. The number of fused-ring (bicyclic) bond motifs is 1. The largest absolute Gasteiger partial charge is 0.462 e. The number of hydrogen-bond acceptors (Lipinski definition) is 5. The normalized spacial score (nSPS) is 15.4. The molecular weight excluding hydrogens is 244 g/mol. The van der Waals surface area contributed by atoms with Crippen molar-refractivity contribution < 1.29 is 9.53 Å². The Bertz CT molecular complexity index is 631. The molecule has 0 bridgehead atoms. The van der Waals surface area contributed by atoms with Crippen molar-refractivity contribution in [1.29, 1.82) is 0 Å². The monoisotopic (exact) mass is 260 g/mol. The molecule has 1 aliphatic carbocycles. The Morgan fingerprint density at radius 3 is 3.00 bits per heavy atom. The molecule has 1 aliphatic rings. The summed E-state index contributed by atoms with van der Waals surface area (Å²) in [5.74, 6) is 0.330. The van der Waals surface area contributed by atoms with Gasteiger partial charge in [-0.1, -0.05) is 6.42 Å². The van der Waals surface area contributed by atoms with Gasteiger partial charge in [-0.05, 0) is 19.8 Å². The van der Waals surface area contributed by atoms with Gasteiger partial charge >= 0.3 is 5.97 Å². The summed E-state index contributed by atoms with van der Waals surface area (Å²) in [5, 5.41) is 4.46. The van der Waals surface area contributed by atoms with Crippen LogP contribution in [0.1, 0.15) is 48.2 Å². The molecule has 2 heterocycles. The quantitative estimate of drug-likeness (QED) is 0.850. The third kappa shape index (κ3) is 1.93. The lowest BCUT2D eigenvalue weighted by atomic mass is 9.83. The number of rotatable bonds is 3. The molecule has 2 aromatic heterocycles. The van der Waals surface area contributed by atoms with Gasteiger partial charge in [0.1, 0.15) is 11.4 Å². The summed E-state index contributed by atoms with van der Waals surface area (Å²) in [7, 11) is 0. The van der Waals surface area contributed by atoms with Crippen molar-refractivity contribution in [2.45, 2.75) is 32.1 Å². The molecule has 0 unspecified atom stereocenters. The highest BCUT2D eigenvalue weighted by atomic mass is 16.5. The predicted molar refractivity (Wildman–Crippen MR) is 69.9 cm³/mol. The van der Waals surface area contributed by atoms with Gasteiger partial charge in [0.25, 0.3) is 0 Å². The average molecular weight is 260 g/mol. The van der Waals surface area contributed by atoms with E-state index in [4.69, 9.17) is 10.5 Å². The summed E-state index contributed by atoms with van der Waals surface area (Å²) in [6, 6.07) is 1.94. The highest BCUT2D eigenvalue weighted by Crippen LogP contribution is 2.36. The van der Waals surface area contributed by atoms with E-state index in [-0.39, 0.29) is 11.4 Å². The van der Waals surface area contributed by atoms with Crippen molar-refractivity contribution in [3.63, 3.8) is 0 Å². The minimum Gasteiger partial charge on any atom is -0.462 e. The molecule has 6 nitrogen and oxygen atoms in total. The lowest BCUT2D eigenvalue weighted by Crippen LogP contribution is -2.13. The number of carbonyl (C=O) groups is 1. The van der Waals surface area contributed by atoms with E-state index < -0.39 is 5.97 Å². The van der Waals surface area contributed by atoms with Gasteiger partial charge in [-0.2, -0.15) is 9.61 Å². The number of aromatic nitrogens is 3. The van der Waals surface area contributed by atoms with Crippen LogP contribution in [0.3, 0.4) is 0 Å². The predicted octanol–water partition coefficient (Wildman–Crippen LogP) is 1.76. The van der Waals surface area contributed by atoms with Gasteiger partial charge in [0.15, 0.2) is 5.65 Å². The molecule has 2 N–H and O–H groups in total. The zero-order valence-electron chi connectivity index (χ0n) is 10.8. The van der Waals surface area contributed by atoms with Crippen LogP contribution in [0.5, 0.6) is 0 Å². The van der Waals surface area contributed by atoms with Crippen LogP contribution >= 0.6 is 0 Å². The summed E-state index contributed by atoms with van der Waals surface area (Å²) in [6.07, 6.45) is 5.02. The van der Waals surface area contributed by atoms with E-state index in [2.05, 4.69) is 10.1 Å². The summed E-state index contributed by atoms with van der Waals surface area (Å²) >= 11 is 0. The zero-order valence-corrected chi connectivity index (χ0v) is 10.8. The second-order valence-corrected chi connectivity index (χ2v) is 4.74. The number of esters is 1. The molecule has 0 saturated heterocycles. The fourth-order valence-electron chi connectivity index (χ4n) is 2.24. The molecule has 19 heavy (non-hydrogen) atoms. The molecule has 6 heteroatoms. The van der Waals surface area contributed by atoms with Gasteiger partial charge in [-0.15, -0.1) is 0 Å². The van der Waals surface area contributed by atoms with Gasteiger partial charge in [0.05, 0.1) is 12.3 Å². The van der Waals surface area contributed by atoms with Gasteiger partial charge < -0.3 is 10.5 Å². The Balaban J connectivity index is 2.03. The molecule has 0 aliphatic heterocycles. The molecule has 0 atom stereocenters. The summed E-state index contributed by atoms with van der Waals surface area (Å²) in [5.41, 5.74) is 7.92. The van der Waals surface area contributed by atoms with Gasteiger partial charge in [0.2, 0.25) is 0 Å². The summed E-state index contributed by atoms with van der Waals surface area (Å²) < 4.78 is 6.47. The van der Waals surface area contributed by atoms with E-state index in [0.29, 0.717) is 18.2 Å². The van der Waals surface area contributed by atoms with Crippen molar-refractivity contribution in [3.05, 3.63) is 23.5 Å². The standard InChI is InChI=1S/C13H16N4O2/c1-2-19-13(18)9-7-15-11-6-10(8-4-3-5-8)16-17(11)12(9)14/h6-8H,2-5,14H2,1H3. The van der Waals surface area contributed by atoms with E-state index in [0.717, 1.165) is 18.5 Å². The lowest BCUT2D eigenvalue weighted by Gasteiger charge is -2.22. The maximum Gasteiger partial charge on any atom is 0.343 e. The SMILES string of the molecule is CCOC(=O)c1cnc2cc(C3CCC3)nn2c1N. The van der Waals surface area contributed by atoms with E-state index in [1.807, 2.05) is 6.07 Å². The van der Waals surface area contributed by atoms with E-state index in [1.54, 1.807) is 6.92 Å². The van der Waals surface area contributed by atoms with Crippen LogP contribution in [-0.4, -0.2) is 27.2 Å². The van der Waals surface area contributed by atoms with Crippen molar-refractivity contribution >= 4 is 17.4 Å². The van der Waals surface area contributed by atoms with Crippen LogP contribution in [0.25, 0.3) is 5.65 Å². The Labute approximate surface area is 110 Å². The third-order valence-electron chi connectivity index (χ3n) is 3.56. The number of nitrogen functional groups attached to an aromatic ring is 1. The van der Waals surface area contributed by atoms with Crippen molar-refractivity contribution in [1.82, 2.24) is 14.6 Å². The minimum absolute atomic E-state index is 0.262.